The molecule has 0 fully saturated rings. The zero-order valence-electron chi connectivity index (χ0n) is 11.4. The van der Waals surface area contributed by atoms with Crippen LogP contribution < -0.4 is 5.32 Å². The minimum absolute atomic E-state index is 0.478. The molecule has 0 aliphatic rings. The van der Waals surface area contributed by atoms with E-state index in [0.717, 1.165) is 23.6 Å². The summed E-state index contributed by atoms with van der Waals surface area (Å²) in [5.41, 5.74) is 4.47. The summed E-state index contributed by atoms with van der Waals surface area (Å²) < 4.78 is 2.07. The van der Waals surface area contributed by atoms with Crippen molar-refractivity contribution in [3.8, 4) is 5.69 Å². The number of aryl methyl sites for hydroxylation is 1. The Labute approximate surface area is 108 Å². The first kappa shape index (κ1) is 12.8. The van der Waals surface area contributed by atoms with E-state index in [2.05, 4.69) is 46.7 Å². The highest BCUT2D eigenvalue weighted by atomic mass is 15.1. The Morgan fingerprint density at radius 1 is 1.28 bits per heavy atom. The van der Waals surface area contributed by atoms with Crippen LogP contribution in [0, 0.1) is 13.8 Å². The molecule has 0 amide bonds. The van der Waals surface area contributed by atoms with Crippen LogP contribution in [0.5, 0.6) is 0 Å². The van der Waals surface area contributed by atoms with Crippen LogP contribution in [0.4, 0.5) is 0 Å². The average Bonchev–Trinajstić information content (AvgIpc) is 2.68. The quantitative estimate of drug-likeness (QED) is 0.898. The second kappa shape index (κ2) is 5.31. The molecule has 2 heterocycles. The van der Waals surface area contributed by atoms with Gasteiger partial charge in [-0.15, -0.1) is 0 Å². The average molecular weight is 244 g/mol. The van der Waals surface area contributed by atoms with Gasteiger partial charge in [0.25, 0.3) is 0 Å². The topological polar surface area (TPSA) is 42.7 Å². The number of pyridine rings is 1. The Hall–Kier alpha value is -1.68. The molecule has 2 aromatic rings. The number of aromatic nitrogens is 3. The van der Waals surface area contributed by atoms with Crippen molar-refractivity contribution in [2.24, 2.45) is 0 Å². The molecule has 0 aliphatic carbocycles. The summed E-state index contributed by atoms with van der Waals surface area (Å²) in [6.07, 6.45) is 5.62. The summed E-state index contributed by atoms with van der Waals surface area (Å²) >= 11 is 0. The largest absolute Gasteiger partial charge is 0.310 e. The van der Waals surface area contributed by atoms with E-state index in [1.807, 2.05) is 25.6 Å². The maximum atomic E-state index is 4.32. The molecule has 4 heteroatoms. The fourth-order valence-corrected chi connectivity index (χ4v) is 1.78. The molecule has 0 unspecified atom stereocenters. The van der Waals surface area contributed by atoms with Crippen molar-refractivity contribution in [1.82, 2.24) is 19.9 Å². The molecule has 18 heavy (non-hydrogen) atoms. The molecule has 0 saturated heterocycles. The summed E-state index contributed by atoms with van der Waals surface area (Å²) in [5, 5.41) is 3.40. The summed E-state index contributed by atoms with van der Waals surface area (Å²) in [7, 11) is 0. The number of imidazole rings is 1. The molecule has 2 aromatic heterocycles. The van der Waals surface area contributed by atoms with Crippen LogP contribution >= 0.6 is 0 Å². The number of hydrogen-bond acceptors (Lipinski definition) is 3. The Kier molecular flexibility index (Phi) is 3.77. The minimum atomic E-state index is 0.478. The number of nitrogens with one attached hydrogen (secondary N) is 1. The Morgan fingerprint density at radius 3 is 2.67 bits per heavy atom. The van der Waals surface area contributed by atoms with Crippen LogP contribution in [-0.4, -0.2) is 20.6 Å². The van der Waals surface area contributed by atoms with Crippen LogP contribution in [0.15, 0.2) is 24.8 Å². The highest BCUT2D eigenvalue weighted by molar-refractivity contribution is 5.35. The number of rotatable bonds is 4. The second-order valence-corrected chi connectivity index (χ2v) is 4.87. The molecule has 0 aromatic carbocycles. The fraction of sp³-hybridized carbons (Fsp3) is 0.429. The fourth-order valence-electron chi connectivity index (χ4n) is 1.78. The highest BCUT2D eigenvalue weighted by Gasteiger charge is 2.05. The summed E-state index contributed by atoms with van der Waals surface area (Å²) in [6.45, 7) is 9.21. The monoisotopic (exact) mass is 244 g/mol. The minimum Gasteiger partial charge on any atom is -0.310 e. The summed E-state index contributed by atoms with van der Waals surface area (Å²) in [4.78, 5) is 8.62. The molecule has 0 saturated carbocycles. The van der Waals surface area contributed by atoms with Gasteiger partial charge in [0, 0.05) is 24.5 Å². The maximum Gasteiger partial charge on any atom is 0.0997 e. The van der Waals surface area contributed by atoms with Gasteiger partial charge in [-0.3, -0.25) is 4.98 Å². The molecule has 4 nitrogen and oxygen atoms in total. The van der Waals surface area contributed by atoms with Gasteiger partial charge in [0.1, 0.15) is 0 Å². The van der Waals surface area contributed by atoms with E-state index in [-0.39, 0.29) is 0 Å². The van der Waals surface area contributed by atoms with Gasteiger partial charge in [-0.05, 0) is 25.5 Å². The molecule has 0 bridgehead atoms. The van der Waals surface area contributed by atoms with E-state index in [1.165, 1.54) is 5.56 Å². The molecule has 0 spiro atoms. The first-order valence-electron chi connectivity index (χ1n) is 6.26. The normalized spacial score (nSPS) is 11.2. The van der Waals surface area contributed by atoms with Crippen LogP contribution in [0.3, 0.4) is 0 Å². The van der Waals surface area contributed by atoms with Gasteiger partial charge in [0.05, 0.1) is 23.9 Å². The first-order valence-corrected chi connectivity index (χ1v) is 6.26. The van der Waals surface area contributed by atoms with Crippen molar-refractivity contribution < 1.29 is 0 Å². The van der Waals surface area contributed by atoms with Crippen molar-refractivity contribution in [3.05, 3.63) is 41.7 Å². The lowest BCUT2D eigenvalue weighted by Crippen LogP contribution is -2.21. The third-order valence-corrected chi connectivity index (χ3v) is 3.02. The van der Waals surface area contributed by atoms with Gasteiger partial charge in [0.2, 0.25) is 0 Å². The zero-order valence-corrected chi connectivity index (χ0v) is 11.4. The van der Waals surface area contributed by atoms with Crippen molar-refractivity contribution in [3.63, 3.8) is 0 Å². The van der Waals surface area contributed by atoms with Crippen LogP contribution in [0.2, 0.25) is 0 Å². The Bertz CT molecular complexity index is 528. The lowest BCUT2D eigenvalue weighted by molar-refractivity contribution is 0.587. The van der Waals surface area contributed by atoms with Gasteiger partial charge in [-0.2, -0.15) is 0 Å². The van der Waals surface area contributed by atoms with Crippen LogP contribution in [-0.2, 0) is 6.54 Å². The molecule has 0 radical (unpaired) electrons. The van der Waals surface area contributed by atoms with Crippen molar-refractivity contribution in [2.45, 2.75) is 40.3 Å². The van der Waals surface area contributed by atoms with E-state index in [9.17, 15) is 0 Å². The first-order chi connectivity index (χ1) is 8.58. The van der Waals surface area contributed by atoms with Gasteiger partial charge in [-0.25, -0.2) is 4.98 Å². The van der Waals surface area contributed by atoms with E-state index in [4.69, 9.17) is 0 Å². The van der Waals surface area contributed by atoms with E-state index in [0.29, 0.717) is 6.04 Å². The van der Waals surface area contributed by atoms with Crippen molar-refractivity contribution in [1.29, 1.82) is 0 Å². The molecule has 1 N–H and O–H groups in total. The zero-order chi connectivity index (χ0) is 13.1. The predicted molar refractivity (Wildman–Crippen MR) is 72.8 cm³/mol. The van der Waals surface area contributed by atoms with Gasteiger partial charge < -0.3 is 9.88 Å². The lowest BCUT2D eigenvalue weighted by Gasteiger charge is -2.10. The lowest BCUT2D eigenvalue weighted by atomic mass is 10.2. The predicted octanol–water partition coefficient (Wildman–Crippen LogP) is 2.38. The maximum absolute atomic E-state index is 4.32. The van der Waals surface area contributed by atoms with E-state index in [1.54, 1.807) is 0 Å². The standard InChI is InChI=1S/C14H20N4/c1-10(2)16-7-13-5-14(8-15-6-13)18-9-17-11(3)12(18)4/h5-6,8-10,16H,7H2,1-4H3. The van der Waals surface area contributed by atoms with Crippen LogP contribution in [0.25, 0.3) is 5.69 Å². The van der Waals surface area contributed by atoms with Gasteiger partial charge in [0.15, 0.2) is 0 Å². The molecule has 0 atom stereocenters. The molecule has 96 valence electrons. The molecule has 0 aliphatic heterocycles. The van der Waals surface area contributed by atoms with Crippen molar-refractivity contribution in [2.75, 3.05) is 0 Å². The number of nitrogens with zero attached hydrogens (tertiary/aromatic N) is 3. The third kappa shape index (κ3) is 2.76. The Balaban J connectivity index is 2.24. The highest BCUT2D eigenvalue weighted by Crippen LogP contribution is 2.13. The van der Waals surface area contributed by atoms with Gasteiger partial charge in [-0.1, -0.05) is 13.8 Å². The molecular weight excluding hydrogens is 224 g/mol. The van der Waals surface area contributed by atoms with Crippen molar-refractivity contribution >= 4 is 0 Å². The number of hydrogen-bond donors (Lipinski definition) is 1. The van der Waals surface area contributed by atoms with Crippen LogP contribution in [0.1, 0.15) is 30.8 Å². The van der Waals surface area contributed by atoms with E-state index < -0.39 is 0 Å². The molecular formula is C14H20N4. The second-order valence-electron chi connectivity index (χ2n) is 4.87. The molecule has 2 rings (SSSR count). The van der Waals surface area contributed by atoms with E-state index >= 15 is 0 Å². The smallest absolute Gasteiger partial charge is 0.0997 e. The summed E-state index contributed by atoms with van der Waals surface area (Å²) in [6, 6.07) is 2.63. The summed E-state index contributed by atoms with van der Waals surface area (Å²) in [5.74, 6) is 0. The Morgan fingerprint density at radius 2 is 2.06 bits per heavy atom. The SMILES string of the molecule is Cc1ncn(-c2cncc(CNC(C)C)c2)c1C. The van der Waals surface area contributed by atoms with Gasteiger partial charge >= 0.3 is 0 Å². The third-order valence-electron chi connectivity index (χ3n) is 3.02.